The number of aromatic nitrogens is 1. The first-order valence-corrected chi connectivity index (χ1v) is 13.0. The van der Waals surface area contributed by atoms with E-state index < -0.39 is 25.5 Å². The van der Waals surface area contributed by atoms with Gasteiger partial charge >= 0.3 is 6.18 Å². The van der Waals surface area contributed by atoms with Crippen molar-refractivity contribution in [2.24, 2.45) is 0 Å². The third-order valence-electron chi connectivity index (χ3n) is 4.46. The third-order valence-corrected chi connectivity index (χ3v) is 6.85. The molecule has 2 aromatic carbocycles. The number of hydrogen-bond donors (Lipinski definition) is 2. The second-order valence-electron chi connectivity index (χ2n) is 7.58. The first kappa shape index (κ1) is 24.3. The number of anilines is 4. The standard InChI is InChI=1S/C23H24F4N3PS/c1-14(2)32-21-8-6-5-7-19(21)29-20-12-22(28-13-16(20)23(25,26)27)30-18-10-9-15(31(3)4)11-17(18)24/h5-14H,1-4H3,(H2,28,29,30). The first-order chi connectivity index (χ1) is 15.0. The molecular formula is C23H24F4N3PS. The zero-order chi connectivity index (χ0) is 23.5. The number of hydrogen-bond acceptors (Lipinski definition) is 4. The van der Waals surface area contributed by atoms with Crippen molar-refractivity contribution < 1.29 is 17.6 Å². The molecule has 0 aliphatic carbocycles. The van der Waals surface area contributed by atoms with Gasteiger partial charge in [0.2, 0.25) is 0 Å². The van der Waals surface area contributed by atoms with Crippen molar-refractivity contribution in [3.05, 3.63) is 66.1 Å². The van der Waals surface area contributed by atoms with Gasteiger partial charge in [0.25, 0.3) is 0 Å². The van der Waals surface area contributed by atoms with Gasteiger partial charge in [-0.1, -0.05) is 40.0 Å². The number of thioether (sulfide) groups is 1. The predicted octanol–water partition coefficient (Wildman–Crippen LogP) is 7.59. The molecule has 9 heteroatoms. The van der Waals surface area contributed by atoms with Crippen LogP contribution in [0.25, 0.3) is 0 Å². The maximum Gasteiger partial charge on any atom is 0.419 e. The fraction of sp³-hybridized carbons (Fsp3) is 0.261. The van der Waals surface area contributed by atoms with E-state index in [-0.39, 0.29) is 22.4 Å². The number of nitrogens with zero attached hydrogens (tertiary/aromatic N) is 1. The van der Waals surface area contributed by atoms with E-state index in [1.807, 2.05) is 39.3 Å². The van der Waals surface area contributed by atoms with E-state index in [4.69, 9.17) is 0 Å². The summed E-state index contributed by atoms with van der Waals surface area (Å²) in [5, 5.41) is 6.86. The van der Waals surface area contributed by atoms with Crippen LogP contribution in [0.2, 0.25) is 0 Å². The minimum absolute atomic E-state index is 0.108. The molecule has 0 atom stereocenters. The maximum absolute atomic E-state index is 14.5. The Hall–Kier alpha value is -2.31. The van der Waals surface area contributed by atoms with Crippen LogP contribution in [0.5, 0.6) is 0 Å². The largest absolute Gasteiger partial charge is 0.419 e. The van der Waals surface area contributed by atoms with Crippen LogP contribution in [-0.4, -0.2) is 23.6 Å². The molecule has 0 fully saturated rings. The summed E-state index contributed by atoms with van der Waals surface area (Å²) >= 11 is 1.55. The van der Waals surface area contributed by atoms with E-state index in [1.165, 1.54) is 12.1 Å². The van der Waals surface area contributed by atoms with Crippen molar-refractivity contribution >= 4 is 47.9 Å². The van der Waals surface area contributed by atoms with Crippen molar-refractivity contribution in [1.29, 1.82) is 0 Å². The molecule has 3 aromatic rings. The molecule has 32 heavy (non-hydrogen) atoms. The molecule has 0 aliphatic rings. The van der Waals surface area contributed by atoms with Gasteiger partial charge in [0.05, 0.1) is 22.6 Å². The Morgan fingerprint density at radius 1 is 0.938 bits per heavy atom. The van der Waals surface area contributed by atoms with Gasteiger partial charge in [-0.3, -0.25) is 0 Å². The maximum atomic E-state index is 14.5. The lowest BCUT2D eigenvalue weighted by Gasteiger charge is -2.18. The van der Waals surface area contributed by atoms with E-state index in [0.717, 1.165) is 16.4 Å². The highest BCUT2D eigenvalue weighted by molar-refractivity contribution is 8.00. The summed E-state index contributed by atoms with van der Waals surface area (Å²) in [5.74, 6) is -0.370. The molecule has 1 heterocycles. The average molecular weight is 481 g/mol. The van der Waals surface area contributed by atoms with E-state index in [1.54, 1.807) is 36.0 Å². The number of nitrogens with one attached hydrogen (secondary N) is 2. The molecule has 0 saturated heterocycles. The molecule has 0 spiro atoms. The first-order valence-electron chi connectivity index (χ1n) is 9.88. The Morgan fingerprint density at radius 2 is 1.66 bits per heavy atom. The fourth-order valence-corrected chi connectivity index (χ4v) is 4.60. The molecule has 3 nitrogen and oxygen atoms in total. The van der Waals surface area contributed by atoms with Gasteiger partial charge in [-0.15, -0.1) is 11.8 Å². The van der Waals surface area contributed by atoms with Crippen molar-refractivity contribution in [3.63, 3.8) is 0 Å². The number of halogens is 4. The number of benzene rings is 2. The number of pyridine rings is 1. The second kappa shape index (κ2) is 10.1. The summed E-state index contributed by atoms with van der Waals surface area (Å²) < 4.78 is 55.4. The summed E-state index contributed by atoms with van der Waals surface area (Å²) in [6, 6.07) is 13.3. The van der Waals surface area contributed by atoms with Crippen molar-refractivity contribution in [3.8, 4) is 0 Å². The van der Waals surface area contributed by atoms with Crippen LogP contribution in [0.3, 0.4) is 0 Å². The Kier molecular flexibility index (Phi) is 7.67. The minimum Gasteiger partial charge on any atom is -0.354 e. The van der Waals surface area contributed by atoms with Gasteiger partial charge in [-0.2, -0.15) is 13.2 Å². The second-order valence-corrected chi connectivity index (χ2v) is 11.5. The monoisotopic (exact) mass is 481 g/mol. The Labute approximate surface area is 190 Å². The molecule has 0 aliphatic heterocycles. The van der Waals surface area contributed by atoms with Gasteiger partial charge in [0.15, 0.2) is 0 Å². The summed E-state index contributed by atoms with van der Waals surface area (Å²) in [6.07, 6.45) is -3.84. The molecule has 0 radical (unpaired) electrons. The molecule has 0 saturated carbocycles. The minimum atomic E-state index is -4.60. The summed E-state index contributed by atoms with van der Waals surface area (Å²) in [6.45, 7) is 8.05. The van der Waals surface area contributed by atoms with Crippen LogP contribution in [0.4, 0.5) is 40.4 Å². The van der Waals surface area contributed by atoms with Gasteiger partial charge in [-0.25, -0.2) is 9.37 Å². The molecule has 0 unspecified atom stereocenters. The highest BCUT2D eigenvalue weighted by Gasteiger charge is 2.34. The van der Waals surface area contributed by atoms with Crippen LogP contribution in [-0.2, 0) is 6.18 Å². The summed E-state index contributed by atoms with van der Waals surface area (Å²) in [5.41, 5.74) is -0.344. The normalized spacial score (nSPS) is 11.8. The highest BCUT2D eigenvalue weighted by atomic mass is 32.2. The van der Waals surface area contributed by atoms with Crippen LogP contribution < -0.4 is 15.9 Å². The Morgan fingerprint density at radius 3 is 2.28 bits per heavy atom. The molecule has 3 rings (SSSR count). The molecule has 2 N–H and O–H groups in total. The number of alkyl halides is 3. The van der Waals surface area contributed by atoms with Crippen molar-refractivity contribution in [2.75, 3.05) is 24.0 Å². The van der Waals surface area contributed by atoms with Crippen molar-refractivity contribution in [2.45, 2.75) is 30.2 Å². The SMILES string of the molecule is CC(C)Sc1ccccc1Nc1cc(Nc2ccc(P(C)C)cc2F)ncc1C(F)(F)F. The smallest absolute Gasteiger partial charge is 0.354 e. The van der Waals surface area contributed by atoms with Gasteiger partial charge in [0, 0.05) is 22.4 Å². The number of rotatable bonds is 7. The fourth-order valence-electron chi connectivity index (χ4n) is 2.95. The van der Waals surface area contributed by atoms with Crippen LogP contribution in [0.1, 0.15) is 19.4 Å². The van der Waals surface area contributed by atoms with E-state index in [2.05, 4.69) is 15.6 Å². The molecule has 170 valence electrons. The lowest BCUT2D eigenvalue weighted by atomic mass is 10.2. The zero-order valence-corrected chi connectivity index (χ0v) is 19.8. The molecule has 1 aromatic heterocycles. The topological polar surface area (TPSA) is 37.0 Å². The Balaban J connectivity index is 1.97. The number of para-hydroxylation sites is 1. The van der Waals surface area contributed by atoms with Gasteiger partial charge in [-0.05, 0) is 42.9 Å². The van der Waals surface area contributed by atoms with Gasteiger partial charge < -0.3 is 10.6 Å². The molecule has 0 amide bonds. The van der Waals surface area contributed by atoms with E-state index in [9.17, 15) is 17.6 Å². The van der Waals surface area contributed by atoms with Gasteiger partial charge in [0.1, 0.15) is 11.6 Å². The third kappa shape index (κ3) is 6.14. The zero-order valence-electron chi connectivity index (χ0n) is 18.1. The summed E-state index contributed by atoms with van der Waals surface area (Å²) in [4.78, 5) is 4.71. The Bertz CT molecular complexity index is 1090. The van der Waals surface area contributed by atoms with Crippen molar-refractivity contribution in [1.82, 2.24) is 4.98 Å². The van der Waals surface area contributed by atoms with Crippen LogP contribution in [0.15, 0.2) is 59.6 Å². The molecular weight excluding hydrogens is 457 g/mol. The summed E-state index contributed by atoms with van der Waals surface area (Å²) in [7, 11) is -0.465. The quantitative estimate of drug-likeness (QED) is 0.207. The van der Waals surface area contributed by atoms with E-state index >= 15 is 0 Å². The highest BCUT2D eigenvalue weighted by Crippen LogP contribution is 2.39. The van der Waals surface area contributed by atoms with Crippen LogP contribution in [0, 0.1) is 5.82 Å². The van der Waals surface area contributed by atoms with Crippen LogP contribution >= 0.6 is 19.7 Å². The average Bonchev–Trinajstić information content (AvgIpc) is 2.70. The van der Waals surface area contributed by atoms with E-state index in [0.29, 0.717) is 5.69 Å². The predicted molar refractivity (Wildman–Crippen MR) is 128 cm³/mol. The lowest BCUT2D eigenvalue weighted by Crippen LogP contribution is -2.11. The molecule has 0 bridgehead atoms. The lowest BCUT2D eigenvalue weighted by molar-refractivity contribution is -0.137.